The van der Waals surface area contributed by atoms with Crippen LogP contribution < -0.4 is 5.32 Å². The topological polar surface area (TPSA) is 66.5 Å². The Balaban J connectivity index is 1.89. The van der Waals surface area contributed by atoms with Crippen LogP contribution in [0.2, 0.25) is 0 Å². The molecule has 0 bridgehead atoms. The lowest BCUT2D eigenvalue weighted by Crippen LogP contribution is -2.28. The summed E-state index contributed by atoms with van der Waals surface area (Å²) in [5.41, 5.74) is 0.587. The monoisotopic (exact) mass is 250 g/mol. The second-order valence-electron chi connectivity index (χ2n) is 3.48. The van der Waals surface area contributed by atoms with Gasteiger partial charge in [0.15, 0.2) is 0 Å². The molecule has 0 radical (unpaired) electrons. The molecule has 17 heavy (non-hydrogen) atoms. The van der Waals surface area contributed by atoms with Crippen LogP contribution in [0.15, 0.2) is 30.3 Å². The molecule has 0 atom stereocenters. The summed E-state index contributed by atoms with van der Waals surface area (Å²) in [4.78, 5) is 35.1. The molecule has 1 aliphatic rings. The van der Waals surface area contributed by atoms with E-state index in [0.29, 0.717) is 5.56 Å². The maximum Gasteiger partial charge on any atom is 0.325 e. The fourth-order valence-corrected chi connectivity index (χ4v) is 2.17. The van der Waals surface area contributed by atoms with E-state index >= 15 is 0 Å². The van der Waals surface area contributed by atoms with Crippen molar-refractivity contribution in [2.24, 2.45) is 0 Å². The highest BCUT2D eigenvalue weighted by Gasteiger charge is 2.26. The van der Waals surface area contributed by atoms with Gasteiger partial charge in [-0.05, 0) is 0 Å². The third kappa shape index (κ3) is 2.85. The van der Waals surface area contributed by atoms with E-state index < -0.39 is 6.03 Å². The minimum atomic E-state index is -0.441. The number of rotatable bonds is 3. The molecule has 1 fully saturated rings. The molecule has 5 nitrogen and oxygen atoms in total. The molecule has 0 aliphatic carbocycles. The van der Waals surface area contributed by atoms with Gasteiger partial charge in [0.2, 0.25) is 11.0 Å². The molecule has 1 aromatic rings. The number of hydrogen-bond donors (Lipinski definition) is 1. The van der Waals surface area contributed by atoms with Gasteiger partial charge in [0.05, 0.1) is 5.88 Å². The lowest BCUT2D eigenvalue weighted by atomic mass is 10.2. The maximum atomic E-state index is 11.7. The number of amides is 3. The summed E-state index contributed by atoms with van der Waals surface area (Å²) < 4.78 is 0. The quantitative estimate of drug-likeness (QED) is 0.815. The van der Waals surface area contributed by atoms with Gasteiger partial charge < -0.3 is 4.90 Å². The zero-order valence-corrected chi connectivity index (χ0v) is 9.70. The largest absolute Gasteiger partial charge is 0.325 e. The van der Waals surface area contributed by atoms with E-state index in [0.717, 1.165) is 11.8 Å². The zero-order chi connectivity index (χ0) is 12.3. The summed E-state index contributed by atoms with van der Waals surface area (Å²) >= 11 is 1.01. The molecule has 0 saturated carbocycles. The number of carbonyl (C=O) groups is 3. The second-order valence-corrected chi connectivity index (χ2v) is 4.40. The van der Waals surface area contributed by atoms with Crippen molar-refractivity contribution in [2.75, 3.05) is 12.4 Å². The highest BCUT2D eigenvalue weighted by molar-refractivity contribution is 8.14. The van der Waals surface area contributed by atoms with E-state index in [1.807, 2.05) is 6.07 Å². The van der Waals surface area contributed by atoms with Gasteiger partial charge in [-0.25, -0.2) is 4.79 Å². The Hall–Kier alpha value is -1.82. The first-order chi connectivity index (χ1) is 8.16. The summed E-state index contributed by atoms with van der Waals surface area (Å²) in [5.74, 6) is -0.145. The predicted octanol–water partition coefficient (Wildman–Crippen LogP) is 1.07. The van der Waals surface area contributed by atoms with E-state index in [1.54, 1.807) is 24.3 Å². The number of benzene rings is 1. The van der Waals surface area contributed by atoms with Crippen LogP contribution in [0.25, 0.3) is 0 Å². The van der Waals surface area contributed by atoms with Crippen LogP contribution in [0.4, 0.5) is 4.79 Å². The SMILES string of the molecule is O=C1CN(CSC(=O)c2ccccc2)C(=O)N1. The second kappa shape index (κ2) is 5.01. The lowest BCUT2D eigenvalue weighted by Gasteiger charge is -2.11. The number of urea groups is 1. The van der Waals surface area contributed by atoms with Crippen molar-refractivity contribution >= 4 is 28.8 Å². The van der Waals surface area contributed by atoms with Crippen LogP contribution >= 0.6 is 11.8 Å². The predicted molar refractivity (Wildman–Crippen MR) is 63.5 cm³/mol. The van der Waals surface area contributed by atoms with Crippen LogP contribution in [-0.2, 0) is 4.79 Å². The van der Waals surface area contributed by atoms with Crippen LogP contribution in [0, 0.1) is 0 Å². The standard InChI is InChI=1S/C11H10N2O3S/c14-9-6-13(11(16)12-9)7-17-10(15)8-4-2-1-3-5-8/h1-5H,6-7H2,(H,12,14,16). The third-order valence-electron chi connectivity index (χ3n) is 2.23. The highest BCUT2D eigenvalue weighted by Crippen LogP contribution is 2.14. The normalized spacial score (nSPS) is 14.9. The molecule has 1 N–H and O–H groups in total. The van der Waals surface area contributed by atoms with E-state index in [2.05, 4.69) is 5.32 Å². The Morgan fingerprint density at radius 2 is 2.00 bits per heavy atom. The van der Waals surface area contributed by atoms with Crippen molar-refractivity contribution in [1.82, 2.24) is 10.2 Å². The molecule has 1 aromatic carbocycles. The molecule has 0 unspecified atom stereocenters. The number of nitrogens with one attached hydrogen (secondary N) is 1. The van der Waals surface area contributed by atoms with Gasteiger partial charge in [-0.1, -0.05) is 42.1 Å². The molecule has 3 amide bonds. The number of imide groups is 1. The maximum absolute atomic E-state index is 11.7. The number of carbonyl (C=O) groups excluding carboxylic acids is 3. The van der Waals surface area contributed by atoms with Crippen molar-refractivity contribution in [1.29, 1.82) is 0 Å². The average Bonchev–Trinajstić information content (AvgIpc) is 2.66. The Morgan fingerprint density at radius 3 is 2.59 bits per heavy atom. The zero-order valence-electron chi connectivity index (χ0n) is 8.88. The van der Waals surface area contributed by atoms with E-state index in [4.69, 9.17) is 0 Å². The summed E-state index contributed by atoms with van der Waals surface area (Å²) in [6.07, 6.45) is 0. The number of nitrogens with zero attached hydrogens (tertiary/aromatic N) is 1. The lowest BCUT2D eigenvalue weighted by molar-refractivity contribution is -0.118. The van der Waals surface area contributed by atoms with Crippen LogP contribution in [0.3, 0.4) is 0 Å². The van der Waals surface area contributed by atoms with Crippen molar-refractivity contribution in [3.63, 3.8) is 0 Å². The smallest absolute Gasteiger partial charge is 0.305 e. The van der Waals surface area contributed by atoms with Crippen LogP contribution in [0.5, 0.6) is 0 Å². The number of thioether (sulfide) groups is 1. The first-order valence-electron chi connectivity index (χ1n) is 4.98. The molecule has 2 rings (SSSR count). The van der Waals surface area contributed by atoms with Crippen LogP contribution in [0.1, 0.15) is 10.4 Å². The molecule has 1 heterocycles. The molecule has 88 valence electrons. The molecular weight excluding hydrogens is 240 g/mol. The first-order valence-corrected chi connectivity index (χ1v) is 5.96. The minimum Gasteiger partial charge on any atom is -0.305 e. The molecular formula is C11H10N2O3S. The van der Waals surface area contributed by atoms with Crippen LogP contribution in [-0.4, -0.2) is 34.4 Å². The van der Waals surface area contributed by atoms with E-state index in [1.165, 1.54) is 4.90 Å². The van der Waals surface area contributed by atoms with E-state index in [9.17, 15) is 14.4 Å². The fraction of sp³-hybridized carbons (Fsp3) is 0.182. The summed E-state index contributed by atoms with van der Waals surface area (Å²) in [7, 11) is 0. The van der Waals surface area contributed by atoms with Gasteiger partial charge in [0.1, 0.15) is 6.54 Å². The third-order valence-corrected chi connectivity index (χ3v) is 3.17. The Bertz CT molecular complexity index is 461. The van der Waals surface area contributed by atoms with Gasteiger partial charge in [0.25, 0.3) is 0 Å². The van der Waals surface area contributed by atoms with Gasteiger partial charge >= 0.3 is 6.03 Å². The molecule has 1 aliphatic heterocycles. The molecule has 6 heteroatoms. The molecule has 0 aromatic heterocycles. The van der Waals surface area contributed by atoms with E-state index in [-0.39, 0.29) is 23.4 Å². The van der Waals surface area contributed by atoms with Crippen molar-refractivity contribution in [3.05, 3.63) is 35.9 Å². The van der Waals surface area contributed by atoms with Crippen molar-refractivity contribution in [2.45, 2.75) is 0 Å². The fourth-order valence-electron chi connectivity index (χ4n) is 1.38. The summed E-state index contributed by atoms with van der Waals surface area (Å²) in [6.45, 7) is 0.0217. The Morgan fingerprint density at radius 1 is 1.29 bits per heavy atom. The van der Waals surface area contributed by atoms with Crippen molar-refractivity contribution in [3.8, 4) is 0 Å². The van der Waals surface area contributed by atoms with Gasteiger partial charge in [-0.2, -0.15) is 0 Å². The van der Waals surface area contributed by atoms with Gasteiger partial charge in [-0.3, -0.25) is 14.9 Å². The van der Waals surface area contributed by atoms with Gasteiger partial charge in [-0.15, -0.1) is 0 Å². The minimum absolute atomic E-state index is 0.0217. The summed E-state index contributed by atoms with van der Waals surface area (Å²) in [6, 6.07) is 8.37. The number of hydrogen-bond acceptors (Lipinski definition) is 4. The molecule has 1 saturated heterocycles. The Labute approximate surface area is 102 Å². The average molecular weight is 250 g/mol. The van der Waals surface area contributed by atoms with Crippen molar-refractivity contribution < 1.29 is 14.4 Å². The highest BCUT2D eigenvalue weighted by atomic mass is 32.2. The van der Waals surface area contributed by atoms with Gasteiger partial charge in [0, 0.05) is 5.56 Å². The molecule has 0 spiro atoms. The first kappa shape index (κ1) is 11.7. The summed E-state index contributed by atoms with van der Waals surface area (Å²) in [5, 5.41) is 2.04. The Kier molecular flexibility index (Phi) is 3.43.